The van der Waals surface area contributed by atoms with E-state index in [-0.39, 0.29) is 0 Å². The molecule has 0 saturated heterocycles. The number of halogens is 1. The first kappa shape index (κ1) is 15.5. The summed E-state index contributed by atoms with van der Waals surface area (Å²) in [6.45, 7) is 0. The highest BCUT2D eigenvalue weighted by molar-refractivity contribution is 6.30. The molecule has 122 valence electrons. The van der Waals surface area contributed by atoms with E-state index in [0.717, 1.165) is 34.8 Å². The van der Waals surface area contributed by atoms with Gasteiger partial charge < -0.3 is 4.74 Å². The summed E-state index contributed by atoms with van der Waals surface area (Å²) in [5, 5.41) is 1.93. The minimum absolute atomic E-state index is 0.750. The molecular weight excluding hydrogens is 318 g/mol. The Bertz CT molecular complexity index is 886. The molecule has 0 N–H and O–H groups in total. The molecule has 4 rings (SSSR count). The third-order valence-corrected chi connectivity index (χ3v) is 5.11. The molecule has 0 fully saturated rings. The van der Waals surface area contributed by atoms with Gasteiger partial charge in [0.2, 0.25) is 0 Å². The molecule has 1 aliphatic rings. The zero-order chi connectivity index (χ0) is 16.5. The lowest BCUT2D eigenvalue weighted by molar-refractivity contribution is 0.409. The second kappa shape index (κ2) is 6.45. The number of hydrogen-bond donors (Lipinski definition) is 0. The summed E-state index contributed by atoms with van der Waals surface area (Å²) in [7, 11) is 1.71. The van der Waals surface area contributed by atoms with Crippen molar-refractivity contribution in [2.45, 2.75) is 32.1 Å². The van der Waals surface area contributed by atoms with Crippen LogP contribution in [0.15, 0.2) is 42.5 Å². The van der Waals surface area contributed by atoms with Crippen LogP contribution in [0.3, 0.4) is 0 Å². The van der Waals surface area contributed by atoms with E-state index in [1.165, 1.54) is 41.3 Å². The predicted molar refractivity (Wildman–Crippen MR) is 99.2 cm³/mol. The Balaban J connectivity index is 1.82. The predicted octanol–water partition coefficient (Wildman–Crippen LogP) is 5.37. The van der Waals surface area contributed by atoms with E-state index in [4.69, 9.17) is 21.3 Å². The summed E-state index contributed by atoms with van der Waals surface area (Å²) in [6.07, 6.45) is 5.59. The van der Waals surface area contributed by atoms with Crippen molar-refractivity contribution in [3.63, 3.8) is 0 Å². The summed E-state index contributed by atoms with van der Waals surface area (Å²) in [4.78, 5) is 5.02. The molecule has 1 heterocycles. The Morgan fingerprint density at radius 2 is 1.83 bits per heavy atom. The van der Waals surface area contributed by atoms with E-state index in [1.54, 1.807) is 7.11 Å². The lowest BCUT2D eigenvalue weighted by atomic mass is 9.89. The molecule has 0 bridgehead atoms. The van der Waals surface area contributed by atoms with E-state index >= 15 is 0 Å². The number of pyridine rings is 1. The summed E-state index contributed by atoms with van der Waals surface area (Å²) < 4.78 is 5.60. The number of rotatable bonds is 3. The molecule has 0 amide bonds. The van der Waals surface area contributed by atoms with Crippen molar-refractivity contribution in [2.75, 3.05) is 7.11 Å². The number of nitrogens with zero attached hydrogens (tertiary/aromatic N) is 1. The SMILES string of the molecule is COc1cc2ccc3c(c2nc1Cc1ccc(Cl)cc1)CCCC3. The lowest BCUT2D eigenvalue weighted by Crippen LogP contribution is -2.06. The third kappa shape index (κ3) is 2.87. The van der Waals surface area contributed by atoms with Gasteiger partial charge in [0.15, 0.2) is 0 Å². The highest BCUT2D eigenvalue weighted by Gasteiger charge is 2.16. The first-order valence-electron chi connectivity index (χ1n) is 8.47. The molecule has 0 unspecified atom stereocenters. The van der Waals surface area contributed by atoms with E-state index in [1.807, 2.05) is 24.3 Å². The van der Waals surface area contributed by atoms with Gasteiger partial charge in [0, 0.05) is 16.8 Å². The molecule has 24 heavy (non-hydrogen) atoms. The number of aromatic nitrogens is 1. The topological polar surface area (TPSA) is 22.1 Å². The number of benzene rings is 2. The van der Waals surface area contributed by atoms with Gasteiger partial charge in [-0.15, -0.1) is 0 Å². The molecule has 3 heteroatoms. The monoisotopic (exact) mass is 337 g/mol. The zero-order valence-electron chi connectivity index (χ0n) is 13.8. The van der Waals surface area contributed by atoms with Gasteiger partial charge in [-0.2, -0.15) is 0 Å². The van der Waals surface area contributed by atoms with Gasteiger partial charge in [-0.25, -0.2) is 4.98 Å². The maximum Gasteiger partial charge on any atom is 0.141 e. The Kier molecular flexibility index (Phi) is 4.15. The number of methoxy groups -OCH3 is 1. The van der Waals surface area contributed by atoms with Crippen molar-refractivity contribution in [3.8, 4) is 5.75 Å². The van der Waals surface area contributed by atoms with Crippen LogP contribution in [0.4, 0.5) is 0 Å². The third-order valence-electron chi connectivity index (χ3n) is 4.86. The van der Waals surface area contributed by atoms with Crippen molar-refractivity contribution in [3.05, 3.63) is 69.9 Å². The normalized spacial score (nSPS) is 13.8. The molecule has 2 nitrogen and oxygen atoms in total. The molecule has 1 aliphatic carbocycles. The van der Waals surface area contributed by atoms with Crippen molar-refractivity contribution < 1.29 is 4.74 Å². The first-order chi connectivity index (χ1) is 11.7. The molecule has 2 aromatic carbocycles. The van der Waals surface area contributed by atoms with Crippen LogP contribution < -0.4 is 4.74 Å². The van der Waals surface area contributed by atoms with E-state index in [9.17, 15) is 0 Å². The quantitative estimate of drug-likeness (QED) is 0.641. The maximum atomic E-state index is 5.99. The molecule has 0 spiro atoms. The fourth-order valence-electron chi connectivity index (χ4n) is 3.59. The van der Waals surface area contributed by atoms with Crippen molar-refractivity contribution in [1.29, 1.82) is 0 Å². The van der Waals surface area contributed by atoms with Crippen LogP contribution in [0.2, 0.25) is 5.02 Å². The smallest absolute Gasteiger partial charge is 0.141 e. The van der Waals surface area contributed by atoms with Crippen LogP contribution >= 0.6 is 11.6 Å². The van der Waals surface area contributed by atoms with Crippen LogP contribution in [0, 0.1) is 0 Å². The van der Waals surface area contributed by atoms with Crippen LogP contribution in [0.5, 0.6) is 5.75 Å². The first-order valence-corrected chi connectivity index (χ1v) is 8.85. The minimum Gasteiger partial charge on any atom is -0.495 e. The Morgan fingerprint density at radius 1 is 1.04 bits per heavy atom. The standard InChI is InChI=1S/C21H20ClNO/c1-24-20-13-16-9-8-15-4-2-3-5-18(15)21(16)23-19(20)12-14-6-10-17(22)11-7-14/h6-11,13H,2-5,12H2,1H3. The van der Waals surface area contributed by atoms with Crippen molar-refractivity contribution in [2.24, 2.45) is 0 Å². The highest BCUT2D eigenvalue weighted by Crippen LogP contribution is 2.32. The van der Waals surface area contributed by atoms with Crippen LogP contribution in [0.25, 0.3) is 10.9 Å². The number of fused-ring (bicyclic) bond motifs is 3. The number of ether oxygens (including phenoxy) is 1. The average molecular weight is 338 g/mol. The van der Waals surface area contributed by atoms with Crippen LogP contribution in [0.1, 0.15) is 35.2 Å². The molecule has 3 aromatic rings. The zero-order valence-corrected chi connectivity index (χ0v) is 14.6. The average Bonchev–Trinajstić information content (AvgIpc) is 2.63. The van der Waals surface area contributed by atoms with Crippen LogP contribution in [-0.4, -0.2) is 12.1 Å². The summed E-state index contributed by atoms with van der Waals surface area (Å²) in [6, 6.07) is 14.5. The van der Waals surface area contributed by atoms with Gasteiger partial charge in [-0.05, 0) is 60.6 Å². The molecule has 0 radical (unpaired) electrons. The van der Waals surface area contributed by atoms with Gasteiger partial charge in [0.1, 0.15) is 5.75 Å². The van der Waals surface area contributed by atoms with Gasteiger partial charge in [-0.1, -0.05) is 35.9 Å². The van der Waals surface area contributed by atoms with Gasteiger partial charge >= 0.3 is 0 Å². The van der Waals surface area contributed by atoms with Crippen molar-refractivity contribution in [1.82, 2.24) is 4.98 Å². The second-order valence-corrected chi connectivity index (χ2v) is 6.86. The van der Waals surface area contributed by atoms with E-state index in [2.05, 4.69) is 18.2 Å². The van der Waals surface area contributed by atoms with Crippen LogP contribution in [-0.2, 0) is 19.3 Å². The maximum absolute atomic E-state index is 5.99. The van der Waals surface area contributed by atoms with E-state index < -0.39 is 0 Å². The van der Waals surface area contributed by atoms with E-state index in [0.29, 0.717) is 0 Å². The largest absolute Gasteiger partial charge is 0.495 e. The van der Waals surface area contributed by atoms with Gasteiger partial charge in [0.05, 0.1) is 18.3 Å². The fraction of sp³-hybridized carbons (Fsp3) is 0.286. The molecule has 0 aliphatic heterocycles. The summed E-state index contributed by atoms with van der Waals surface area (Å²) in [5.74, 6) is 0.855. The number of aryl methyl sites for hydroxylation is 2. The second-order valence-electron chi connectivity index (χ2n) is 6.42. The van der Waals surface area contributed by atoms with Gasteiger partial charge in [0.25, 0.3) is 0 Å². The Labute approximate surface area is 147 Å². The fourth-order valence-corrected chi connectivity index (χ4v) is 3.71. The summed E-state index contributed by atoms with van der Waals surface area (Å²) in [5.41, 5.74) is 6.22. The minimum atomic E-state index is 0.750. The van der Waals surface area contributed by atoms with Gasteiger partial charge in [-0.3, -0.25) is 0 Å². The molecule has 0 saturated carbocycles. The Morgan fingerprint density at radius 3 is 2.62 bits per heavy atom. The van der Waals surface area contributed by atoms with Crippen molar-refractivity contribution >= 4 is 22.5 Å². The highest BCUT2D eigenvalue weighted by atomic mass is 35.5. The Hall–Kier alpha value is -2.06. The lowest BCUT2D eigenvalue weighted by Gasteiger charge is -2.18. The number of hydrogen-bond acceptors (Lipinski definition) is 2. The molecule has 0 atom stereocenters. The summed E-state index contributed by atoms with van der Waals surface area (Å²) >= 11 is 5.99. The molecule has 1 aromatic heterocycles. The molecular formula is C21H20ClNO.